The maximum atomic E-state index is 10.3. The molecule has 0 aromatic heterocycles. The Morgan fingerprint density at radius 3 is 2.92 bits per heavy atom. The Hall–Kier alpha value is -1.00. The third-order valence-corrected chi connectivity index (χ3v) is 1.99. The smallest absolute Gasteiger partial charge is 0.306 e. The van der Waals surface area contributed by atoms with Crippen LogP contribution in [0.5, 0.6) is 0 Å². The largest absolute Gasteiger partial charge is 0.481 e. The summed E-state index contributed by atoms with van der Waals surface area (Å²) in [5.74, 6) is -1.02. The molecule has 0 fully saturated rings. The first kappa shape index (κ1) is 10.1. The summed E-state index contributed by atoms with van der Waals surface area (Å²) in [6.45, 7) is 0. The van der Waals surface area contributed by atoms with E-state index < -0.39 is 12.1 Å². The molecule has 1 rings (SSSR count). The number of hydrogen-bond acceptors (Lipinski definition) is 3. The minimum absolute atomic E-state index is 0.279. The van der Waals surface area contributed by atoms with Crippen LogP contribution in [0.15, 0.2) is 23.8 Å². The summed E-state index contributed by atoms with van der Waals surface area (Å²) in [6, 6.07) is 0. The normalized spacial score (nSPS) is 18.2. The Bertz CT molecular complexity index is 291. The summed E-state index contributed by atoms with van der Waals surface area (Å²) in [5, 5.41) is 17.8. The van der Waals surface area contributed by atoms with E-state index in [-0.39, 0.29) is 6.42 Å². The molecular weight excluding hydrogens is 188 g/mol. The Labute approximate surface area is 81.4 Å². The van der Waals surface area contributed by atoms with Gasteiger partial charge in [-0.2, -0.15) is 0 Å². The molecule has 1 aliphatic rings. The minimum Gasteiger partial charge on any atom is -0.481 e. The van der Waals surface area contributed by atoms with Crippen molar-refractivity contribution in [2.24, 2.45) is 0 Å². The van der Waals surface area contributed by atoms with Gasteiger partial charge in [-0.15, -0.1) is 0 Å². The molecule has 0 radical (unpaired) electrons. The lowest BCUT2D eigenvalue weighted by Crippen LogP contribution is -2.16. The zero-order chi connectivity index (χ0) is 9.84. The number of carboxylic acids is 1. The van der Waals surface area contributed by atoms with Crippen molar-refractivity contribution in [1.82, 2.24) is 0 Å². The fourth-order valence-electron chi connectivity index (χ4n) is 1.09. The number of carbonyl (C=O) groups is 1. The SMILES string of the molecule is O=C(O)C[C@H](O)C1=CC(=S)CC=C1. The van der Waals surface area contributed by atoms with Crippen LogP contribution in [0.3, 0.4) is 0 Å². The molecule has 4 heteroatoms. The zero-order valence-electron chi connectivity index (χ0n) is 6.93. The van der Waals surface area contributed by atoms with Crippen LogP contribution in [-0.4, -0.2) is 27.2 Å². The van der Waals surface area contributed by atoms with Gasteiger partial charge in [0.05, 0.1) is 12.5 Å². The topological polar surface area (TPSA) is 57.5 Å². The van der Waals surface area contributed by atoms with Gasteiger partial charge in [0.2, 0.25) is 0 Å². The molecule has 70 valence electrons. The first-order chi connectivity index (χ1) is 6.09. The van der Waals surface area contributed by atoms with Crippen molar-refractivity contribution in [2.45, 2.75) is 18.9 Å². The highest BCUT2D eigenvalue weighted by Crippen LogP contribution is 2.14. The molecular formula is C9H10O3S. The molecule has 0 bridgehead atoms. The van der Waals surface area contributed by atoms with Crippen LogP contribution < -0.4 is 0 Å². The lowest BCUT2D eigenvalue weighted by atomic mass is 10.0. The summed E-state index contributed by atoms with van der Waals surface area (Å²) in [5.41, 5.74) is 0.582. The third-order valence-electron chi connectivity index (χ3n) is 1.71. The lowest BCUT2D eigenvalue weighted by molar-refractivity contribution is -0.138. The van der Waals surface area contributed by atoms with Crippen LogP contribution in [-0.2, 0) is 4.79 Å². The number of thiocarbonyl (C=S) groups is 1. The molecule has 1 atom stereocenters. The van der Waals surface area contributed by atoms with E-state index in [0.29, 0.717) is 12.0 Å². The van der Waals surface area contributed by atoms with Gasteiger partial charge in [0, 0.05) is 11.3 Å². The Balaban J connectivity index is 2.65. The maximum Gasteiger partial charge on any atom is 0.306 e. The minimum atomic E-state index is -1.02. The number of hydrogen-bond donors (Lipinski definition) is 2. The van der Waals surface area contributed by atoms with E-state index in [2.05, 4.69) is 0 Å². The second-order valence-corrected chi connectivity index (χ2v) is 3.36. The van der Waals surface area contributed by atoms with Gasteiger partial charge in [-0.05, 0) is 11.6 Å². The van der Waals surface area contributed by atoms with E-state index in [1.807, 2.05) is 6.08 Å². The van der Waals surface area contributed by atoms with Crippen molar-refractivity contribution in [3.8, 4) is 0 Å². The molecule has 1 aliphatic carbocycles. The predicted octanol–water partition coefficient (Wildman–Crippen LogP) is 1.08. The van der Waals surface area contributed by atoms with E-state index in [9.17, 15) is 9.90 Å². The van der Waals surface area contributed by atoms with Gasteiger partial charge >= 0.3 is 5.97 Å². The van der Waals surface area contributed by atoms with Gasteiger partial charge in [-0.25, -0.2) is 0 Å². The van der Waals surface area contributed by atoms with E-state index in [4.69, 9.17) is 17.3 Å². The van der Waals surface area contributed by atoms with Gasteiger partial charge < -0.3 is 10.2 Å². The maximum absolute atomic E-state index is 10.3. The molecule has 0 unspecified atom stereocenters. The first-order valence-corrected chi connectivity index (χ1v) is 4.31. The molecule has 0 aromatic rings. The molecule has 13 heavy (non-hydrogen) atoms. The second kappa shape index (κ2) is 4.30. The second-order valence-electron chi connectivity index (χ2n) is 2.83. The average molecular weight is 198 g/mol. The average Bonchev–Trinajstić information content (AvgIpc) is 2.03. The summed E-state index contributed by atoms with van der Waals surface area (Å²) in [7, 11) is 0. The van der Waals surface area contributed by atoms with Crippen LogP contribution in [0.25, 0.3) is 0 Å². The van der Waals surface area contributed by atoms with Crippen LogP contribution in [0.1, 0.15) is 12.8 Å². The summed E-state index contributed by atoms with van der Waals surface area (Å²) in [4.78, 5) is 11.0. The number of carboxylic acid groups (broad SMARTS) is 1. The number of aliphatic hydroxyl groups excluding tert-OH is 1. The van der Waals surface area contributed by atoms with Crippen molar-refractivity contribution in [1.29, 1.82) is 0 Å². The monoisotopic (exact) mass is 198 g/mol. The quantitative estimate of drug-likeness (QED) is 0.666. The zero-order valence-corrected chi connectivity index (χ0v) is 7.75. The number of aliphatic carboxylic acids is 1. The molecule has 2 N–H and O–H groups in total. The van der Waals surface area contributed by atoms with Gasteiger partial charge in [-0.3, -0.25) is 4.79 Å². The molecule has 0 saturated carbocycles. The van der Waals surface area contributed by atoms with Crippen LogP contribution in [0.4, 0.5) is 0 Å². The molecule has 0 aliphatic heterocycles. The van der Waals surface area contributed by atoms with Gasteiger partial charge in [0.1, 0.15) is 0 Å². The molecule has 0 saturated heterocycles. The highest BCUT2D eigenvalue weighted by molar-refractivity contribution is 7.80. The fraction of sp³-hybridized carbons (Fsp3) is 0.333. The fourth-order valence-corrected chi connectivity index (χ4v) is 1.33. The number of rotatable bonds is 3. The van der Waals surface area contributed by atoms with Crippen molar-refractivity contribution in [3.63, 3.8) is 0 Å². The molecule has 0 heterocycles. The highest BCUT2D eigenvalue weighted by Gasteiger charge is 2.14. The van der Waals surface area contributed by atoms with Crippen LogP contribution in [0, 0.1) is 0 Å². The molecule has 0 amide bonds. The Morgan fingerprint density at radius 2 is 2.38 bits per heavy atom. The van der Waals surface area contributed by atoms with Crippen molar-refractivity contribution >= 4 is 23.1 Å². The lowest BCUT2D eigenvalue weighted by Gasteiger charge is -2.12. The first-order valence-electron chi connectivity index (χ1n) is 3.90. The molecule has 0 spiro atoms. The van der Waals surface area contributed by atoms with E-state index in [1.54, 1.807) is 12.2 Å². The molecule has 0 aromatic carbocycles. The van der Waals surface area contributed by atoms with Crippen molar-refractivity contribution in [2.75, 3.05) is 0 Å². The third kappa shape index (κ3) is 3.08. The number of allylic oxidation sites excluding steroid dienone is 2. The Morgan fingerprint density at radius 1 is 1.69 bits per heavy atom. The standard InChI is InChI=1S/C9H10O3S/c10-8(5-9(11)12)6-2-1-3-7(13)4-6/h1-2,4,8,10H,3,5H2,(H,11,12)/t8-/m0/s1. The number of aliphatic hydroxyl groups is 1. The summed E-state index contributed by atoms with van der Waals surface area (Å²) in [6.07, 6.45) is 4.65. The molecule has 3 nitrogen and oxygen atoms in total. The van der Waals surface area contributed by atoms with Crippen LogP contribution >= 0.6 is 12.2 Å². The summed E-state index contributed by atoms with van der Waals surface area (Å²) >= 11 is 4.93. The van der Waals surface area contributed by atoms with Crippen molar-refractivity contribution in [3.05, 3.63) is 23.8 Å². The van der Waals surface area contributed by atoms with Crippen molar-refractivity contribution < 1.29 is 15.0 Å². The van der Waals surface area contributed by atoms with Gasteiger partial charge in [0.25, 0.3) is 0 Å². The predicted molar refractivity (Wildman–Crippen MR) is 52.7 cm³/mol. The van der Waals surface area contributed by atoms with Gasteiger partial charge in [-0.1, -0.05) is 24.4 Å². The van der Waals surface area contributed by atoms with Gasteiger partial charge in [0.15, 0.2) is 0 Å². The van der Waals surface area contributed by atoms with E-state index in [0.717, 1.165) is 4.86 Å². The Kier molecular flexibility index (Phi) is 3.33. The van der Waals surface area contributed by atoms with E-state index >= 15 is 0 Å². The van der Waals surface area contributed by atoms with E-state index in [1.165, 1.54) is 0 Å². The highest BCUT2D eigenvalue weighted by atomic mass is 32.1. The summed E-state index contributed by atoms with van der Waals surface area (Å²) < 4.78 is 0. The van der Waals surface area contributed by atoms with Crippen LogP contribution in [0.2, 0.25) is 0 Å².